The average Bonchev–Trinajstić information content (AvgIpc) is 3.37. The minimum atomic E-state index is -3.14. The fourth-order valence-electron chi connectivity index (χ4n) is 4.90. The number of anilines is 2. The Morgan fingerprint density at radius 2 is 1.84 bits per heavy atom. The molecule has 1 aliphatic heterocycles. The summed E-state index contributed by atoms with van der Waals surface area (Å²) in [6, 6.07) is -0.308. The summed E-state index contributed by atoms with van der Waals surface area (Å²) in [5.41, 5.74) is 5.16. The van der Waals surface area contributed by atoms with Crippen LogP contribution in [-0.4, -0.2) is 65.5 Å². The van der Waals surface area contributed by atoms with Crippen LogP contribution in [0, 0.1) is 0 Å². The quantitative estimate of drug-likeness (QED) is 0.543. The van der Waals surface area contributed by atoms with Crippen molar-refractivity contribution in [1.29, 1.82) is 0 Å². The van der Waals surface area contributed by atoms with Gasteiger partial charge < -0.3 is 15.5 Å². The zero-order valence-electron chi connectivity index (χ0n) is 19.0. The van der Waals surface area contributed by atoms with Crippen molar-refractivity contribution >= 4 is 27.2 Å². The van der Waals surface area contributed by atoms with Gasteiger partial charge in [-0.15, -0.1) is 0 Å². The number of nitrogens with two attached hydrogens (primary N) is 1. The lowest BCUT2D eigenvalue weighted by Gasteiger charge is -2.36. The highest BCUT2D eigenvalue weighted by molar-refractivity contribution is 7.91. The van der Waals surface area contributed by atoms with Crippen molar-refractivity contribution in [2.45, 2.75) is 77.4 Å². The number of likely N-dealkylation sites (N-methyl/N-ethyl adjacent to an activating group) is 1. The average molecular weight is 470 g/mol. The van der Waals surface area contributed by atoms with Crippen LogP contribution in [0.25, 0.3) is 0 Å². The number of hydrogen-bond donors (Lipinski definition) is 2. The van der Waals surface area contributed by atoms with Gasteiger partial charge in [0.2, 0.25) is 5.91 Å². The molecule has 0 aromatic carbocycles. The number of carbonyl (C=O) groups excluding carboxylic acids is 1. The summed E-state index contributed by atoms with van der Waals surface area (Å²) < 4.78 is 25.5. The smallest absolute Gasteiger partial charge is 0.330 e. The first-order valence-corrected chi connectivity index (χ1v) is 13.4. The van der Waals surface area contributed by atoms with Gasteiger partial charge in [0.15, 0.2) is 9.84 Å². The second kappa shape index (κ2) is 10.1. The van der Waals surface area contributed by atoms with Crippen molar-refractivity contribution in [2.24, 2.45) is 0 Å². The Bertz CT molecular complexity index is 1040. The number of nitrogens with one attached hydrogen (secondary N) is 1. The van der Waals surface area contributed by atoms with Crippen molar-refractivity contribution in [3.05, 3.63) is 20.8 Å². The first-order valence-electron chi connectivity index (χ1n) is 11.6. The lowest BCUT2D eigenvalue weighted by molar-refractivity contribution is -0.134. The van der Waals surface area contributed by atoms with Crippen LogP contribution < -0.4 is 21.9 Å². The molecule has 1 aromatic rings. The molecule has 0 radical (unpaired) electrons. The molecule has 2 fully saturated rings. The van der Waals surface area contributed by atoms with Crippen LogP contribution in [-0.2, 0) is 21.2 Å². The number of nitrogen functional groups attached to an aromatic ring is 1. The number of H-pyrrole nitrogens is 1. The van der Waals surface area contributed by atoms with Gasteiger partial charge in [-0.05, 0) is 32.6 Å². The number of aromatic nitrogens is 2. The zero-order chi connectivity index (χ0) is 23.5. The topological polar surface area (TPSA) is 139 Å². The molecule has 2 heterocycles. The number of carbonyl (C=O) groups is 1. The molecule has 1 saturated carbocycles. The molecule has 0 spiro atoms. The molecule has 32 heavy (non-hydrogen) atoms. The van der Waals surface area contributed by atoms with E-state index < -0.39 is 21.1 Å². The number of hydrogen-bond acceptors (Lipinski definition) is 7. The third-order valence-electron chi connectivity index (χ3n) is 6.58. The molecule has 0 bridgehead atoms. The van der Waals surface area contributed by atoms with E-state index in [2.05, 4.69) is 4.98 Å². The van der Waals surface area contributed by atoms with Crippen molar-refractivity contribution < 1.29 is 13.2 Å². The number of sulfone groups is 1. The summed E-state index contributed by atoms with van der Waals surface area (Å²) in [6.07, 6.45) is 5.78. The van der Waals surface area contributed by atoms with E-state index in [0.29, 0.717) is 19.5 Å². The molecule has 180 valence electrons. The van der Waals surface area contributed by atoms with Crippen LogP contribution in [0.15, 0.2) is 9.59 Å². The first kappa shape index (κ1) is 24.3. The van der Waals surface area contributed by atoms with Gasteiger partial charge in [-0.25, -0.2) is 13.2 Å². The molecule has 10 nitrogen and oxygen atoms in total. The maximum absolute atomic E-state index is 13.5. The molecule has 3 rings (SSSR count). The van der Waals surface area contributed by atoms with Crippen molar-refractivity contribution in [3.8, 4) is 0 Å². The van der Waals surface area contributed by atoms with Crippen LogP contribution in [0.5, 0.6) is 0 Å². The number of amides is 1. The van der Waals surface area contributed by atoms with Gasteiger partial charge in [-0.3, -0.25) is 19.1 Å². The summed E-state index contributed by atoms with van der Waals surface area (Å²) >= 11 is 0. The van der Waals surface area contributed by atoms with Crippen molar-refractivity contribution in [1.82, 2.24) is 14.5 Å². The fraction of sp³-hybridized carbons (Fsp3) is 0.762. The van der Waals surface area contributed by atoms with E-state index in [0.717, 1.165) is 38.5 Å². The number of nitrogens with zero attached hydrogens (tertiary/aromatic N) is 3. The second-order valence-electron chi connectivity index (χ2n) is 8.81. The fourth-order valence-corrected chi connectivity index (χ4v) is 6.61. The van der Waals surface area contributed by atoms with Crippen LogP contribution in [0.2, 0.25) is 0 Å². The minimum Gasteiger partial charge on any atom is -0.383 e. The van der Waals surface area contributed by atoms with Gasteiger partial charge in [-0.1, -0.05) is 26.2 Å². The predicted octanol–water partition coefficient (Wildman–Crippen LogP) is 0.704. The van der Waals surface area contributed by atoms with Crippen LogP contribution >= 0.6 is 0 Å². The predicted molar refractivity (Wildman–Crippen MR) is 125 cm³/mol. The summed E-state index contributed by atoms with van der Waals surface area (Å²) in [6.45, 7) is 4.43. The second-order valence-corrected chi connectivity index (χ2v) is 11.0. The number of rotatable bonds is 9. The molecule has 3 N–H and O–H groups in total. The van der Waals surface area contributed by atoms with Crippen molar-refractivity contribution in [2.75, 3.05) is 35.2 Å². The number of aromatic amines is 1. The Labute approximate surface area is 188 Å². The normalized spacial score (nSPS) is 20.5. The van der Waals surface area contributed by atoms with E-state index in [9.17, 15) is 22.8 Å². The van der Waals surface area contributed by atoms with Crippen LogP contribution in [0.1, 0.15) is 58.8 Å². The van der Waals surface area contributed by atoms with E-state index in [1.54, 1.807) is 9.80 Å². The summed E-state index contributed by atoms with van der Waals surface area (Å²) in [4.78, 5) is 44.0. The van der Waals surface area contributed by atoms with Gasteiger partial charge in [0.25, 0.3) is 5.56 Å². The van der Waals surface area contributed by atoms with Gasteiger partial charge in [-0.2, -0.15) is 0 Å². The van der Waals surface area contributed by atoms with E-state index in [-0.39, 0.29) is 47.5 Å². The third-order valence-corrected chi connectivity index (χ3v) is 8.33. The monoisotopic (exact) mass is 469 g/mol. The molecule has 1 aromatic heterocycles. The molecular weight excluding hydrogens is 434 g/mol. The van der Waals surface area contributed by atoms with Gasteiger partial charge in [0.1, 0.15) is 11.5 Å². The lowest BCUT2D eigenvalue weighted by Crippen LogP contribution is -2.51. The lowest BCUT2D eigenvalue weighted by atomic mass is 10.1. The minimum absolute atomic E-state index is 0.00795. The van der Waals surface area contributed by atoms with Gasteiger partial charge >= 0.3 is 5.69 Å². The Hall–Kier alpha value is -2.30. The molecule has 0 unspecified atom stereocenters. The Morgan fingerprint density at radius 3 is 2.41 bits per heavy atom. The standard InChI is InChI=1S/C21H35N5O5S/c1-3-5-11-25-19(22)18(20(28)23-21(25)29)24(4-2)13-17(27)26(15-8-6-7-9-15)16-10-12-32(30,31)14-16/h15-16H,3-14,22H2,1-2H3,(H,23,28,29)/t16-/m0/s1. The van der Waals surface area contributed by atoms with E-state index in [4.69, 9.17) is 5.73 Å². The van der Waals surface area contributed by atoms with Gasteiger partial charge in [0.05, 0.1) is 18.1 Å². The highest BCUT2D eigenvalue weighted by Crippen LogP contribution is 2.29. The Morgan fingerprint density at radius 1 is 1.16 bits per heavy atom. The van der Waals surface area contributed by atoms with Gasteiger partial charge in [0, 0.05) is 25.2 Å². The molecule has 1 atom stereocenters. The largest absolute Gasteiger partial charge is 0.383 e. The highest BCUT2D eigenvalue weighted by Gasteiger charge is 2.39. The molecule has 1 amide bonds. The number of unbranched alkanes of at least 4 members (excludes halogenated alkanes) is 1. The third kappa shape index (κ3) is 5.19. The van der Waals surface area contributed by atoms with Crippen LogP contribution in [0.3, 0.4) is 0 Å². The maximum atomic E-state index is 13.5. The SMILES string of the molecule is CCCCn1c(N)c(N(CC)CC(=O)N(C2CCCC2)[C@H]2CCS(=O)(=O)C2)c(=O)[nH]c1=O. The molecular formula is C21H35N5O5S. The molecule has 11 heteroatoms. The molecule has 2 aliphatic rings. The Balaban J connectivity index is 1.90. The Kier molecular flexibility index (Phi) is 7.68. The first-order chi connectivity index (χ1) is 15.2. The van der Waals surface area contributed by atoms with E-state index >= 15 is 0 Å². The van der Waals surface area contributed by atoms with Crippen molar-refractivity contribution in [3.63, 3.8) is 0 Å². The molecule has 1 aliphatic carbocycles. The van der Waals surface area contributed by atoms with E-state index in [1.807, 2.05) is 13.8 Å². The highest BCUT2D eigenvalue weighted by atomic mass is 32.2. The summed E-state index contributed by atoms with van der Waals surface area (Å²) in [5, 5.41) is 0. The van der Waals surface area contributed by atoms with Crippen LogP contribution in [0.4, 0.5) is 11.5 Å². The zero-order valence-corrected chi connectivity index (χ0v) is 19.8. The summed E-state index contributed by atoms with van der Waals surface area (Å²) in [5.74, 6) is -0.0595. The maximum Gasteiger partial charge on any atom is 0.330 e. The summed E-state index contributed by atoms with van der Waals surface area (Å²) in [7, 11) is -3.14. The molecule has 1 saturated heterocycles. The van der Waals surface area contributed by atoms with E-state index in [1.165, 1.54) is 4.57 Å².